The van der Waals surface area contributed by atoms with Crippen molar-refractivity contribution in [3.8, 4) is 6.07 Å². The van der Waals surface area contributed by atoms with Crippen LogP contribution in [0.25, 0.3) is 0 Å². The molecule has 0 aromatic heterocycles. The van der Waals surface area contributed by atoms with Crippen molar-refractivity contribution in [3.63, 3.8) is 0 Å². The standard InChI is InChI=1S/C14H18ClN3O2S/c1-10(17)12-4-6-18(7-5-12)21(19,20)14-3-2-11(9-16)8-13(14)15/h2-3,8,10,12H,4-7,17H2,1H3. The van der Waals surface area contributed by atoms with Crippen molar-refractivity contribution in [2.45, 2.75) is 30.7 Å². The van der Waals surface area contributed by atoms with Crippen molar-refractivity contribution >= 4 is 21.6 Å². The highest BCUT2D eigenvalue weighted by molar-refractivity contribution is 7.89. The Morgan fingerprint density at radius 1 is 1.43 bits per heavy atom. The molecular formula is C14H18ClN3O2S. The Hall–Kier alpha value is -1.13. The molecule has 2 N–H and O–H groups in total. The number of nitriles is 1. The second-order valence-electron chi connectivity index (χ2n) is 5.36. The third-order valence-electron chi connectivity index (χ3n) is 3.92. The summed E-state index contributed by atoms with van der Waals surface area (Å²) in [6, 6.07) is 6.26. The minimum Gasteiger partial charge on any atom is -0.328 e. The van der Waals surface area contributed by atoms with Gasteiger partial charge < -0.3 is 5.73 Å². The quantitative estimate of drug-likeness (QED) is 0.919. The molecular weight excluding hydrogens is 310 g/mol. The Morgan fingerprint density at radius 3 is 2.52 bits per heavy atom. The zero-order valence-electron chi connectivity index (χ0n) is 11.8. The molecule has 1 unspecified atom stereocenters. The molecule has 0 aliphatic carbocycles. The van der Waals surface area contributed by atoms with E-state index in [1.165, 1.54) is 22.5 Å². The van der Waals surface area contributed by atoms with E-state index in [0.717, 1.165) is 12.8 Å². The van der Waals surface area contributed by atoms with Crippen LogP contribution in [0.15, 0.2) is 23.1 Å². The molecule has 114 valence electrons. The SMILES string of the molecule is CC(N)C1CCN(S(=O)(=O)c2ccc(C#N)cc2Cl)CC1. The highest BCUT2D eigenvalue weighted by Gasteiger charge is 2.31. The monoisotopic (exact) mass is 327 g/mol. The lowest BCUT2D eigenvalue weighted by Gasteiger charge is -2.33. The molecule has 1 aromatic carbocycles. The van der Waals surface area contributed by atoms with Gasteiger partial charge in [0.05, 0.1) is 16.7 Å². The summed E-state index contributed by atoms with van der Waals surface area (Å²) in [7, 11) is -3.62. The summed E-state index contributed by atoms with van der Waals surface area (Å²) in [5.41, 5.74) is 6.21. The van der Waals surface area contributed by atoms with Crippen LogP contribution in [0.4, 0.5) is 0 Å². The number of benzene rings is 1. The molecule has 21 heavy (non-hydrogen) atoms. The number of nitrogens with two attached hydrogens (primary N) is 1. The highest BCUT2D eigenvalue weighted by atomic mass is 35.5. The van der Waals surface area contributed by atoms with E-state index in [4.69, 9.17) is 22.6 Å². The number of nitrogens with zero attached hydrogens (tertiary/aromatic N) is 2. The number of halogens is 1. The van der Waals surface area contributed by atoms with Gasteiger partial charge in [-0.1, -0.05) is 11.6 Å². The molecule has 0 saturated carbocycles. The Morgan fingerprint density at radius 2 is 2.05 bits per heavy atom. The molecule has 1 heterocycles. The lowest BCUT2D eigenvalue weighted by Crippen LogP contribution is -2.42. The summed E-state index contributed by atoms with van der Waals surface area (Å²) >= 11 is 6.01. The zero-order valence-corrected chi connectivity index (χ0v) is 13.4. The van der Waals surface area contributed by atoms with Crippen molar-refractivity contribution in [1.29, 1.82) is 5.26 Å². The molecule has 0 spiro atoms. The summed E-state index contributed by atoms with van der Waals surface area (Å²) in [6.45, 7) is 2.85. The van der Waals surface area contributed by atoms with Crippen LogP contribution in [0.3, 0.4) is 0 Å². The Kier molecular flexibility index (Phi) is 4.89. The van der Waals surface area contributed by atoms with Gasteiger partial charge in [0.1, 0.15) is 4.90 Å². The van der Waals surface area contributed by atoms with E-state index in [1.807, 2.05) is 13.0 Å². The molecule has 0 bridgehead atoms. The summed E-state index contributed by atoms with van der Waals surface area (Å²) < 4.78 is 26.7. The Bertz CT molecular complexity index is 659. The van der Waals surface area contributed by atoms with E-state index in [-0.39, 0.29) is 16.0 Å². The third-order valence-corrected chi connectivity index (χ3v) is 6.30. The molecule has 1 aliphatic rings. The number of sulfonamides is 1. The van der Waals surface area contributed by atoms with Crippen LogP contribution >= 0.6 is 11.6 Å². The first-order valence-electron chi connectivity index (χ1n) is 6.81. The number of piperidine rings is 1. The van der Waals surface area contributed by atoms with Gasteiger partial charge in [-0.15, -0.1) is 0 Å². The molecule has 2 rings (SSSR count). The first-order chi connectivity index (χ1) is 9.86. The van der Waals surface area contributed by atoms with Crippen molar-refractivity contribution < 1.29 is 8.42 Å². The van der Waals surface area contributed by atoms with Crippen LogP contribution in [0, 0.1) is 17.2 Å². The van der Waals surface area contributed by atoms with Gasteiger partial charge in [0, 0.05) is 19.1 Å². The van der Waals surface area contributed by atoms with Crippen LogP contribution < -0.4 is 5.73 Å². The molecule has 1 saturated heterocycles. The first kappa shape index (κ1) is 16.2. The van der Waals surface area contributed by atoms with Gasteiger partial charge in [-0.2, -0.15) is 9.57 Å². The lowest BCUT2D eigenvalue weighted by molar-refractivity contribution is 0.251. The molecule has 1 atom stereocenters. The molecule has 7 heteroatoms. The summed E-state index contributed by atoms with van der Waals surface area (Å²) in [5, 5.41) is 8.89. The molecule has 0 amide bonds. The average Bonchev–Trinajstić information content (AvgIpc) is 2.46. The Labute approximate surface area is 130 Å². The third kappa shape index (κ3) is 3.38. The smallest absolute Gasteiger partial charge is 0.244 e. The largest absolute Gasteiger partial charge is 0.328 e. The second kappa shape index (κ2) is 6.32. The van der Waals surface area contributed by atoms with E-state index in [2.05, 4.69) is 0 Å². The predicted octanol–water partition coefficient (Wildman–Crippen LogP) is 1.96. The topological polar surface area (TPSA) is 87.2 Å². The second-order valence-corrected chi connectivity index (χ2v) is 7.67. The zero-order chi connectivity index (χ0) is 15.6. The van der Waals surface area contributed by atoms with Gasteiger partial charge in [0.25, 0.3) is 0 Å². The minimum atomic E-state index is -3.62. The van der Waals surface area contributed by atoms with Crippen LogP contribution in [0.1, 0.15) is 25.3 Å². The molecule has 1 fully saturated rings. The van der Waals surface area contributed by atoms with E-state index < -0.39 is 10.0 Å². The fourth-order valence-electron chi connectivity index (χ4n) is 2.56. The van der Waals surface area contributed by atoms with Gasteiger partial charge in [-0.25, -0.2) is 8.42 Å². The maximum absolute atomic E-state index is 12.6. The normalized spacial score (nSPS) is 19.1. The minimum absolute atomic E-state index is 0.0578. The average molecular weight is 328 g/mol. The fourth-order valence-corrected chi connectivity index (χ4v) is 4.55. The summed E-state index contributed by atoms with van der Waals surface area (Å²) in [4.78, 5) is 0.0578. The number of hydrogen-bond donors (Lipinski definition) is 1. The van der Waals surface area contributed by atoms with Crippen LogP contribution in [-0.2, 0) is 10.0 Å². The van der Waals surface area contributed by atoms with E-state index in [1.54, 1.807) is 0 Å². The molecule has 5 nitrogen and oxygen atoms in total. The number of hydrogen-bond acceptors (Lipinski definition) is 4. The first-order valence-corrected chi connectivity index (χ1v) is 8.63. The lowest BCUT2D eigenvalue weighted by atomic mass is 9.92. The maximum Gasteiger partial charge on any atom is 0.244 e. The van der Waals surface area contributed by atoms with Crippen LogP contribution in [-0.4, -0.2) is 31.9 Å². The van der Waals surface area contributed by atoms with Gasteiger partial charge >= 0.3 is 0 Å². The van der Waals surface area contributed by atoms with Gasteiger partial charge in [-0.3, -0.25) is 0 Å². The van der Waals surface area contributed by atoms with Crippen molar-refractivity contribution in [2.75, 3.05) is 13.1 Å². The highest BCUT2D eigenvalue weighted by Crippen LogP contribution is 2.29. The van der Waals surface area contributed by atoms with Crippen molar-refractivity contribution in [3.05, 3.63) is 28.8 Å². The molecule has 1 aliphatic heterocycles. The van der Waals surface area contributed by atoms with E-state index in [9.17, 15) is 8.42 Å². The van der Waals surface area contributed by atoms with E-state index >= 15 is 0 Å². The van der Waals surface area contributed by atoms with Gasteiger partial charge in [0.15, 0.2) is 0 Å². The molecule has 1 aromatic rings. The maximum atomic E-state index is 12.6. The number of rotatable bonds is 3. The van der Waals surface area contributed by atoms with E-state index in [0.29, 0.717) is 24.6 Å². The van der Waals surface area contributed by atoms with Crippen molar-refractivity contribution in [2.24, 2.45) is 11.7 Å². The van der Waals surface area contributed by atoms with Gasteiger partial charge in [0.2, 0.25) is 10.0 Å². The predicted molar refractivity (Wildman–Crippen MR) is 81.3 cm³/mol. The van der Waals surface area contributed by atoms with Crippen molar-refractivity contribution in [1.82, 2.24) is 4.31 Å². The van der Waals surface area contributed by atoms with Crippen LogP contribution in [0.2, 0.25) is 5.02 Å². The summed E-state index contributed by atoms with van der Waals surface area (Å²) in [5.74, 6) is 0.355. The van der Waals surface area contributed by atoms with Gasteiger partial charge in [-0.05, 0) is 43.9 Å². The molecule has 0 radical (unpaired) electrons. The fraction of sp³-hybridized carbons (Fsp3) is 0.500. The van der Waals surface area contributed by atoms with Crippen LogP contribution in [0.5, 0.6) is 0 Å². The Balaban J connectivity index is 2.22. The summed E-state index contributed by atoms with van der Waals surface area (Å²) in [6.07, 6.45) is 1.51.